The predicted molar refractivity (Wildman–Crippen MR) is 95.6 cm³/mol. The number of rotatable bonds is 6. The van der Waals surface area contributed by atoms with Gasteiger partial charge in [-0.05, 0) is 31.2 Å². The van der Waals surface area contributed by atoms with E-state index in [-0.39, 0.29) is 17.2 Å². The smallest absolute Gasteiger partial charge is 0.273 e. The van der Waals surface area contributed by atoms with E-state index in [1.807, 2.05) is 24.4 Å². The number of carbonyl (C=O) groups excluding carboxylic acids is 1. The molecule has 1 aromatic carbocycles. The predicted octanol–water partition coefficient (Wildman–Crippen LogP) is 2.59. The van der Waals surface area contributed by atoms with Crippen LogP contribution in [0.3, 0.4) is 0 Å². The fourth-order valence-corrected chi connectivity index (χ4v) is 2.50. The van der Waals surface area contributed by atoms with E-state index in [9.17, 15) is 14.9 Å². The largest absolute Gasteiger partial charge is 0.350 e. The minimum atomic E-state index is -0.490. The molecule has 8 heteroatoms. The molecule has 1 amide bonds. The van der Waals surface area contributed by atoms with E-state index in [0.717, 1.165) is 11.3 Å². The second kappa shape index (κ2) is 7.56. The highest BCUT2D eigenvalue weighted by atomic mass is 16.6. The van der Waals surface area contributed by atoms with E-state index in [1.165, 1.54) is 6.07 Å². The highest BCUT2D eigenvalue weighted by Crippen LogP contribution is 2.19. The van der Waals surface area contributed by atoms with Gasteiger partial charge in [-0.1, -0.05) is 6.07 Å². The standard InChI is InChI=1S/C18H17N5O3/c1-13-2-3-15(12-17(13)23(25)26)18(24)20-9-11-22-10-6-16(21-22)14-4-7-19-8-5-14/h2-8,10,12H,9,11H2,1H3,(H,20,24). The Bertz CT molecular complexity index is 937. The molecule has 0 aliphatic rings. The lowest BCUT2D eigenvalue weighted by Crippen LogP contribution is -2.27. The van der Waals surface area contributed by atoms with Gasteiger partial charge >= 0.3 is 0 Å². The Morgan fingerprint density at radius 2 is 2.00 bits per heavy atom. The van der Waals surface area contributed by atoms with Gasteiger partial charge in [-0.3, -0.25) is 24.6 Å². The van der Waals surface area contributed by atoms with Crippen LogP contribution in [0.15, 0.2) is 55.0 Å². The van der Waals surface area contributed by atoms with Crippen molar-refractivity contribution in [1.29, 1.82) is 0 Å². The molecule has 0 saturated heterocycles. The fraction of sp³-hybridized carbons (Fsp3) is 0.167. The molecule has 0 unspecified atom stereocenters. The molecular weight excluding hydrogens is 334 g/mol. The van der Waals surface area contributed by atoms with Crippen LogP contribution in [0, 0.1) is 17.0 Å². The summed E-state index contributed by atoms with van der Waals surface area (Å²) in [5, 5.41) is 18.2. The van der Waals surface area contributed by atoms with E-state index < -0.39 is 4.92 Å². The Hall–Kier alpha value is -3.55. The van der Waals surface area contributed by atoms with Crippen LogP contribution >= 0.6 is 0 Å². The van der Waals surface area contributed by atoms with Gasteiger partial charge in [0.2, 0.25) is 0 Å². The van der Waals surface area contributed by atoms with Crippen molar-refractivity contribution in [2.24, 2.45) is 0 Å². The van der Waals surface area contributed by atoms with Gasteiger partial charge in [0.25, 0.3) is 11.6 Å². The van der Waals surface area contributed by atoms with Gasteiger partial charge in [0.05, 0.1) is 17.2 Å². The Balaban J connectivity index is 1.58. The van der Waals surface area contributed by atoms with Gasteiger partial charge in [0.15, 0.2) is 0 Å². The minimum absolute atomic E-state index is 0.0632. The lowest BCUT2D eigenvalue weighted by atomic mass is 10.1. The fourth-order valence-electron chi connectivity index (χ4n) is 2.50. The molecule has 2 heterocycles. The van der Waals surface area contributed by atoms with Crippen molar-refractivity contribution in [1.82, 2.24) is 20.1 Å². The third-order valence-corrected chi connectivity index (χ3v) is 3.91. The number of benzene rings is 1. The summed E-state index contributed by atoms with van der Waals surface area (Å²) in [6.07, 6.45) is 5.24. The second-order valence-electron chi connectivity index (χ2n) is 5.71. The molecule has 0 bridgehead atoms. The van der Waals surface area contributed by atoms with E-state index in [2.05, 4.69) is 15.4 Å². The zero-order valence-corrected chi connectivity index (χ0v) is 14.1. The molecule has 26 heavy (non-hydrogen) atoms. The van der Waals surface area contributed by atoms with Crippen LogP contribution in [-0.4, -0.2) is 32.1 Å². The zero-order valence-electron chi connectivity index (χ0n) is 14.1. The van der Waals surface area contributed by atoms with Crippen molar-refractivity contribution in [3.63, 3.8) is 0 Å². The van der Waals surface area contributed by atoms with Crippen LogP contribution in [-0.2, 0) is 6.54 Å². The molecule has 0 saturated carbocycles. The summed E-state index contributed by atoms with van der Waals surface area (Å²) in [7, 11) is 0. The lowest BCUT2D eigenvalue weighted by Gasteiger charge is -2.06. The summed E-state index contributed by atoms with van der Waals surface area (Å²) in [5.74, 6) is -0.352. The second-order valence-corrected chi connectivity index (χ2v) is 5.71. The number of carbonyl (C=O) groups is 1. The van der Waals surface area contributed by atoms with Crippen LogP contribution < -0.4 is 5.32 Å². The maximum atomic E-state index is 12.2. The van der Waals surface area contributed by atoms with Crippen molar-refractivity contribution in [3.05, 3.63) is 76.2 Å². The van der Waals surface area contributed by atoms with Crippen LogP contribution in [0.5, 0.6) is 0 Å². The molecule has 3 aromatic rings. The van der Waals surface area contributed by atoms with Gasteiger partial charge < -0.3 is 5.32 Å². The quantitative estimate of drug-likeness (QED) is 0.543. The number of nitro groups is 1. The van der Waals surface area contributed by atoms with Crippen molar-refractivity contribution >= 4 is 11.6 Å². The summed E-state index contributed by atoms with van der Waals surface area (Å²) in [4.78, 5) is 26.6. The Labute approximate surface area is 149 Å². The molecule has 0 aliphatic carbocycles. The summed E-state index contributed by atoms with van der Waals surface area (Å²) in [6, 6.07) is 10.1. The monoisotopic (exact) mass is 351 g/mol. The van der Waals surface area contributed by atoms with Gasteiger partial charge in [-0.25, -0.2) is 0 Å². The summed E-state index contributed by atoms with van der Waals surface area (Å²) < 4.78 is 1.73. The Morgan fingerprint density at radius 1 is 1.23 bits per heavy atom. The zero-order chi connectivity index (χ0) is 18.5. The topological polar surface area (TPSA) is 103 Å². The molecule has 0 aliphatic heterocycles. The van der Waals surface area contributed by atoms with Crippen molar-refractivity contribution in [2.45, 2.75) is 13.5 Å². The SMILES string of the molecule is Cc1ccc(C(=O)NCCn2ccc(-c3ccncc3)n2)cc1[N+](=O)[O-]. The first-order valence-electron chi connectivity index (χ1n) is 8.01. The maximum Gasteiger partial charge on any atom is 0.273 e. The molecule has 2 aromatic heterocycles. The number of aryl methyl sites for hydroxylation is 1. The number of aromatic nitrogens is 3. The molecule has 0 radical (unpaired) electrons. The Morgan fingerprint density at radius 3 is 2.73 bits per heavy atom. The minimum Gasteiger partial charge on any atom is -0.350 e. The number of hydrogen-bond acceptors (Lipinski definition) is 5. The van der Waals surface area contributed by atoms with Gasteiger partial charge in [0, 0.05) is 47.9 Å². The molecule has 0 spiro atoms. The van der Waals surface area contributed by atoms with Crippen molar-refractivity contribution in [2.75, 3.05) is 6.54 Å². The molecule has 132 valence electrons. The van der Waals surface area contributed by atoms with Gasteiger partial charge in [-0.2, -0.15) is 5.10 Å². The molecular formula is C18H17N5O3. The van der Waals surface area contributed by atoms with Crippen LogP contribution in [0.2, 0.25) is 0 Å². The number of nitrogens with one attached hydrogen (secondary N) is 1. The maximum absolute atomic E-state index is 12.2. The third kappa shape index (κ3) is 3.92. The van der Waals surface area contributed by atoms with Crippen molar-refractivity contribution < 1.29 is 9.72 Å². The molecule has 0 fully saturated rings. The van der Waals surface area contributed by atoms with Crippen LogP contribution in [0.1, 0.15) is 15.9 Å². The average molecular weight is 351 g/mol. The average Bonchev–Trinajstić information content (AvgIpc) is 3.11. The molecule has 8 nitrogen and oxygen atoms in total. The molecule has 3 rings (SSSR count). The first-order valence-corrected chi connectivity index (χ1v) is 8.01. The van der Waals surface area contributed by atoms with E-state index in [4.69, 9.17) is 0 Å². The number of nitro benzene ring substituents is 1. The highest BCUT2D eigenvalue weighted by molar-refractivity contribution is 5.94. The molecule has 0 atom stereocenters. The van der Waals surface area contributed by atoms with Gasteiger partial charge in [-0.15, -0.1) is 0 Å². The Kier molecular flexibility index (Phi) is 5.02. The van der Waals surface area contributed by atoms with Crippen LogP contribution in [0.4, 0.5) is 5.69 Å². The van der Waals surface area contributed by atoms with Crippen molar-refractivity contribution in [3.8, 4) is 11.3 Å². The number of hydrogen-bond donors (Lipinski definition) is 1. The summed E-state index contributed by atoms with van der Waals surface area (Å²) in [6.45, 7) is 2.49. The number of amides is 1. The molecule has 1 N–H and O–H groups in total. The van der Waals surface area contributed by atoms with Crippen LogP contribution in [0.25, 0.3) is 11.3 Å². The first-order chi connectivity index (χ1) is 12.5. The van der Waals surface area contributed by atoms with E-state index in [0.29, 0.717) is 18.7 Å². The first kappa shape index (κ1) is 17.3. The van der Waals surface area contributed by atoms with E-state index >= 15 is 0 Å². The third-order valence-electron chi connectivity index (χ3n) is 3.91. The van der Waals surface area contributed by atoms with E-state index in [1.54, 1.807) is 36.1 Å². The summed E-state index contributed by atoms with van der Waals surface area (Å²) in [5.41, 5.74) is 2.52. The summed E-state index contributed by atoms with van der Waals surface area (Å²) >= 11 is 0. The number of nitrogens with zero attached hydrogens (tertiary/aromatic N) is 4. The number of pyridine rings is 1. The highest BCUT2D eigenvalue weighted by Gasteiger charge is 2.14. The lowest BCUT2D eigenvalue weighted by molar-refractivity contribution is -0.385. The van der Waals surface area contributed by atoms with Gasteiger partial charge in [0.1, 0.15) is 0 Å². The normalized spacial score (nSPS) is 10.5.